The van der Waals surface area contributed by atoms with Gasteiger partial charge in [-0.1, -0.05) is 0 Å². The smallest absolute Gasteiger partial charge is 0.338 e. The number of ether oxygens (including phenoxy) is 1. The van der Waals surface area contributed by atoms with E-state index >= 15 is 0 Å². The van der Waals surface area contributed by atoms with Crippen LogP contribution in [-0.2, 0) is 4.74 Å². The van der Waals surface area contributed by atoms with E-state index in [0.717, 1.165) is 25.9 Å². The highest BCUT2D eigenvalue weighted by Gasteiger charge is 2.21. The lowest BCUT2D eigenvalue weighted by Gasteiger charge is -2.34. The van der Waals surface area contributed by atoms with Crippen molar-refractivity contribution in [1.82, 2.24) is 0 Å². The molecule has 4 nitrogen and oxygen atoms in total. The molecule has 1 N–H and O–H groups in total. The quantitative estimate of drug-likeness (QED) is 0.910. The van der Waals surface area contributed by atoms with Gasteiger partial charge in [0.1, 0.15) is 5.82 Å². The minimum atomic E-state index is -1.24. The summed E-state index contributed by atoms with van der Waals surface area (Å²) >= 11 is 0. The Hall–Kier alpha value is -1.62. The van der Waals surface area contributed by atoms with Crippen molar-refractivity contribution >= 4 is 11.7 Å². The third-order valence-corrected chi connectivity index (χ3v) is 3.33. The molecule has 0 aliphatic carbocycles. The van der Waals surface area contributed by atoms with Crippen molar-refractivity contribution in [2.24, 2.45) is 0 Å². The van der Waals surface area contributed by atoms with Gasteiger partial charge in [-0.25, -0.2) is 9.18 Å². The molecular weight excluding hydrogens is 249 g/mol. The van der Waals surface area contributed by atoms with Crippen LogP contribution in [0.1, 0.15) is 30.1 Å². The highest BCUT2D eigenvalue weighted by atomic mass is 19.1. The molecule has 5 heteroatoms. The van der Waals surface area contributed by atoms with Crippen molar-refractivity contribution < 1.29 is 19.0 Å². The number of aromatic carboxylic acids is 1. The third-order valence-electron chi connectivity index (χ3n) is 3.33. The second kappa shape index (κ2) is 6.02. The molecule has 0 spiro atoms. The monoisotopic (exact) mass is 267 g/mol. The Labute approximate surface area is 111 Å². The number of piperidine rings is 1. The van der Waals surface area contributed by atoms with Gasteiger partial charge in [-0.2, -0.15) is 0 Å². The summed E-state index contributed by atoms with van der Waals surface area (Å²) < 4.78 is 19.3. The molecule has 0 saturated carbocycles. The molecule has 1 heterocycles. The number of anilines is 1. The molecule has 19 heavy (non-hydrogen) atoms. The normalized spacial score (nSPS) is 19.5. The van der Waals surface area contributed by atoms with Gasteiger partial charge in [0, 0.05) is 25.4 Å². The number of halogens is 1. The number of benzene rings is 1. The summed E-state index contributed by atoms with van der Waals surface area (Å²) in [6.45, 7) is 4.19. The van der Waals surface area contributed by atoms with E-state index in [2.05, 4.69) is 0 Å². The van der Waals surface area contributed by atoms with Crippen LogP contribution < -0.4 is 4.90 Å². The van der Waals surface area contributed by atoms with Crippen molar-refractivity contribution in [2.75, 3.05) is 24.6 Å². The van der Waals surface area contributed by atoms with E-state index in [1.54, 1.807) is 6.07 Å². The van der Waals surface area contributed by atoms with Crippen molar-refractivity contribution in [2.45, 2.75) is 25.9 Å². The van der Waals surface area contributed by atoms with Crippen LogP contribution in [-0.4, -0.2) is 36.9 Å². The fourth-order valence-corrected chi connectivity index (χ4v) is 2.42. The summed E-state index contributed by atoms with van der Waals surface area (Å²) in [4.78, 5) is 12.8. The van der Waals surface area contributed by atoms with E-state index in [-0.39, 0.29) is 11.7 Å². The first kappa shape index (κ1) is 13.8. The fraction of sp³-hybridized carbons (Fsp3) is 0.500. The summed E-state index contributed by atoms with van der Waals surface area (Å²) in [6, 6.07) is 4.26. The average Bonchev–Trinajstić information content (AvgIpc) is 2.39. The molecule has 1 fully saturated rings. The zero-order valence-corrected chi connectivity index (χ0v) is 10.9. The maximum atomic E-state index is 13.7. The maximum absolute atomic E-state index is 13.7. The molecule has 0 radical (unpaired) electrons. The lowest BCUT2D eigenvalue weighted by atomic mass is 10.1. The van der Waals surface area contributed by atoms with E-state index in [9.17, 15) is 9.18 Å². The van der Waals surface area contributed by atoms with Gasteiger partial charge in [0.15, 0.2) is 0 Å². The third kappa shape index (κ3) is 3.23. The van der Waals surface area contributed by atoms with Crippen LogP contribution in [0.15, 0.2) is 18.2 Å². The van der Waals surface area contributed by atoms with Crippen molar-refractivity contribution in [3.8, 4) is 0 Å². The van der Waals surface area contributed by atoms with E-state index in [1.807, 2.05) is 11.8 Å². The summed E-state index contributed by atoms with van der Waals surface area (Å²) in [5.74, 6) is -1.93. The van der Waals surface area contributed by atoms with Gasteiger partial charge in [-0.05, 0) is 38.0 Å². The standard InChI is InChI=1S/C14H18FNO3/c1-2-19-11-4-3-7-16(9-11)10-5-6-12(14(17)18)13(15)8-10/h5-6,8,11H,2-4,7,9H2,1H3,(H,17,18). The van der Waals surface area contributed by atoms with Crippen molar-refractivity contribution in [3.05, 3.63) is 29.6 Å². The number of hydrogen-bond acceptors (Lipinski definition) is 3. The first-order chi connectivity index (χ1) is 9.11. The Balaban J connectivity index is 2.13. The Morgan fingerprint density at radius 1 is 1.58 bits per heavy atom. The van der Waals surface area contributed by atoms with E-state index in [1.165, 1.54) is 12.1 Å². The lowest BCUT2D eigenvalue weighted by Crippen LogP contribution is -2.39. The first-order valence-electron chi connectivity index (χ1n) is 6.51. The Kier molecular flexibility index (Phi) is 4.37. The molecule has 1 aromatic carbocycles. The van der Waals surface area contributed by atoms with Gasteiger partial charge in [-0.3, -0.25) is 0 Å². The average molecular weight is 267 g/mol. The molecule has 0 aromatic heterocycles. The minimum Gasteiger partial charge on any atom is -0.478 e. The SMILES string of the molecule is CCOC1CCCN(c2ccc(C(=O)O)c(F)c2)C1. The zero-order chi connectivity index (χ0) is 13.8. The van der Waals surface area contributed by atoms with Gasteiger partial charge in [0.2, 0.25) is 0 Å². The molecular formula is C14H18FNO3. The van der Waals surface area contributed by atoms with Gasteiger partial charge < -0.3 is 14.7 Å². The molecule has 0 amide bonds. The molecule has 104 valence electrons. The molecule has 0 bridgehead atoms. The van der Waals surface area contributed by atoms with Gasteiger partial charge in [0.25, 0.3) is 0 Å². The van der Waals surface area contributed by atoms with Crippen LogP contribution >= 0.6 is 0 Å². The van der Waals surface area contributed by atoms with Crippen LogP contribution in [0.25, 0.3) is 0 Å². The highest BCUT2D eigenvalue weighted by Crippen LogP contribution is 2.23. The molecule has 1 atom stereocenters. The van der Waals surface area contributed by atoms with Crippen LogP contribution in [0.5, 0.6) is 0 Å². The van der Waals surface area contributed by atoms with Crippen molar-refractivity contribution in [3.63, 3.8) is 0 Å². The number of nitrogens with zero attached hydrogens (tertiary/aromatic N) is 1. The summed E-state index contributed by atoms with van der Waals surface area (Å²) in [5, 5.41) is 8.81. The van der Waals surface area contributed by atoms with Gasteiger partial charge in [-0.15, -0.1) is 0 Å². The molecule has 1 aromatic rings. The highest BCUT2D eigenvalue weighted by molar-refractivity contribution is 5.88. The van der Waals surface area contributed by atoms with Crippen LogP contribution in [0.3, 0.4) is 0 Å². The number of hydrogen-bond donors (Lipinski definition) is 1. The molecule has 1 unspecified atom stereocenters. The predicted molar refractivity (Wildman–Crippen MR) is 70.2 cm³/mol. The molecule has 1 aliphatic rings. The van der Waals surface area contributed by atoms with Crippen LogP contribution in [0.2, 0.25) is 0 Å². The minimum absolute atomic E-state index is 0.168. The van der Waals surface area contributed by atoms with Crippen LogP contribution in [0.4, 0.5) is 10.1 Å². The lowest BCUT2D eigenvalue weighted by molar-refractivity contribution is 0.0526. The summed E-state index contributed by atoms with van der Waals surface area (Å²) in [7, 11) is 0. The van der Waals surface area contributed by atoms with Crippen molar-refractivity contribution in [1.29, 1.82) is 0 Å². The van der Waals surface area contributed by atoms with Crippen LogP contribution in [0, 0.1) is 5.82 Å². The largest absolute Gasteiger partial charge is 0.478 e. The molecule has 2 rings (SSSR count). The number of carbonyl (C=O) groups is 1. The molecule has 1 aliphatic heterocycles. The van der Waals surface area contributed by atoms with Gasteiger partial charge >= 0.3 is 5.97 Å². The Morgan fingerprint density at radius 2 is 2.37 bits per heavy atom. The second-order valence-corrected chi connectivity index (χ2v) is 4.63. The maximum Gasteiger partial charge on any atom is 0.338 e. The zero-order valence-electron chi connectivity index (χ0n) is 10.9. The Bertz CT molecular complexity index is 462. The summed E-state index contributed by atoms with van der Waals surface area (Å²) in [5.41, 5.74) is 0.425. The molecule has 1 saturated heterocycles. The predicted octanol–water partition coefficient (Wildman–Crippen LogP) is 2.53. The van der Waals surface area contributed by atoms with E-state index in [4.69, 9.17) is 9.84 Å². The van der Waals surface area contributed by atoms with Gasteiger partial charge in [0.05, 0.1) is 11.7 Å². The Morgan fingerprint density at radius 3 is 3.00 bits per heavy atom. The van der Waals surface area contributed by atoms with E-state index < -0.39 is 11.8 Å². The topological polar surface area (TPSA) is 49.8 Å². The fourth-order valence-electron chi connectivity index (χ4n) is 2.42. The number of carboxylic acids is 1. The number of carboxylic acid groups (broad SMARTS) is 1. The van der Waals surface area contributed by atoms with E-state index in [0.29, 0.717) is 12.3 Å². The number of rotatable bonds is 4. The summed E-state index contributed by atoms with van der Waals surface area (Å²) in [6.07, 6.45) is 2.17. The second-order valence-electron chi connectivity index (χ2n) is 4.63. The first-order valence-corrected chi connectivity index (χ1v) is 6.51.